The number of carbonyl (C=O) groups is 1. The molecule has 2 aliphatic heterocycles. The van der Waals surface area contributed by atoms with Crippen molar-refractivity contribution in [1.29, 1.82) is 0 Å². The molecule has 5 heteroatoms. The number of hydrogen-bond acceptors (Lipinski definition) is 3. The first kappa shape index (κ1) is 15.7. The van der Waals surface area contributed by atoms with E-state index in [1.807, 2.05) is 4.90 Å². The molecule has 0 bridgehead atoms. The van der Waals surface area contributed by atoms with Crippen LogP contribution in [0.4, 0.5) is 0 Å². The zero-order valence-electron chi connectivity index (χ0n) is 11.0. The van der Waals surface area contributed by atoms with Crippen LogP contribution in [0.1, 0.15) is 38.5 Å². The second kappa shape index (κ2) is 7.97. The summed E-state index contributed by atoms with van der Waals surface area (Å²) in [6.07, 6.45) is 6.62. The van der Waals surface area contributed by atoms with Gasteiger partial charge in [0.1, 0.15) is 0 Å². The van der Waals surface area contributed by atoms with Crippen LogP contribution in [0.2, 0.25) is 0 Å². The van der Waals surface area contributed by atoms with Crippen molar-refractivity contribution >= 4 is 18.3 Å². The summed E-state index contributed by atoms with van der Waals surface area (Å²) in [5.74, 6) is 0.485. The Hall–Kier alpha value is -0.320. The Labute approximate surface area is 116 Å². The van der Waals surface area contributed by atoms with Gasteiger partial charge in [0.25, 0.3) is 0 Å². The second-order valence-electron chi connectivity index (χ2n) is 5.22. The van der Waals surface area contributed by atoms with Crippen molar-refractivity contribution in [2.24, 2.45) is 11.7 Å². The van der Waals surface area contributed by atoms with E-state index in [0.29, 0.717) is 5.92 Å². The number of nitrogens with zero attached hydrogens (tertiary/aromatic N) is 1. The van der Waals surface area contributed by atoms with Gasteiger partial charge in [-0.15, -0.1) is 12.4 Å². The third-order valence-electron chi connectivity index (χ3n) is 3.98. The minimum Gasteiger partial charge on any atom is -0.381 e. The third-order valence-corrected chi connectivity index (χ3v) is 3.98. The molecule has 0 aromatic carbocycles. The topological polar surface area (TPSA) is 55.6 Å². The van der Waals surface area contributed by atoms with E-state index >= 15 is 0 Å². The van der Waals surface area contributed by atoms with Crippen molar-refractivity contribution in [2.75, 3.05) is 26.3 Å². The monoisotopic (exact) mass is 276 g/mol. The zero-order valence-corrected chi connectivity index (χ0v) is 11.8. The molecule has 1 amide bonds. The van der Waals surface area contributed by atoms with E-state index in [2.05, 4.69) is 0 Å². The van der Waals surface area contributed by atoms with Gasteiger partial charge in [0.15, 0.2) is 0 Å². The highest BCUT2D eigenvalue weighted by Gasteiger charge is 2.29. The van der Waals surface area contributed by atoms with E-state index in [4.69, 9.17) is 10.5 Å². The minimum absolute atomic E-state index is 0. The quantitative estimate of drug-likeness (QED) is 0.833. The van der Waals surface area contributed by atoms with Crippen LogP contribution in [-0.2, 0) is 9.53 Å². The van der Waals surface area contributed by atoms with Crippen molar-refractivity contribution in [3.8, 4) is 0 Å². The van der Waals surface area contributed by atoms with Gasteiger partial charge < -0.3 is 15.4 Å². The maximum Gasteiger partial charge on any atom is 0.239 e. The lowest BCUT2D eigenvalue weighted by Crippen LogP contribution is -2.49. The summed E-state index contributed by atoms with van der Waals surface area (Å²) in [6, 6.07) is -0.308. The van der Waals surface area contributed by atoms with Gasteiger partial charge in [0.05, 0.1) is 6.04 Å². The molecule has 4 nitrogen and oxygen atoms in total. The number of nitrogens with two attached hydrogens (primary N) is 1. The van der Waals surface area contributed by atoms with Crippen molar-refractivity contribution in [1.82, 2.24) is 4.90 Å². The highest BCUT2D eigenvalue weighted by atomic mass is 35.5. The van der Waals surface area contributed by atoms with Crippen molar-refractivity contribution in [3.05, 3.63) is 0 Å². The van der Waals surface area contributed by atoms with Crippen molar-refractivity contribution < 1.29 is 9.53 Å². The number of ether oxygens (including phenoxy) is 1. The Morgan fingerprint density at radius 2 is 1.67 bits per heavy atom. The van der Waals surface area contributed by atoms with Gasteiger partial charge in [0.2, 0.25) is 5.91 Å². The summed E-state index contributed by atoms with van der Waals surface area (Å²) in [5.41, 5.74) is 6.13. The Morgan fingerprint density at radius 3 is 2.22 bits per heavy atom. The number of likely N-dealkylation sites (tertiary alicyclic amines) is 1. The first-order chi connectivity index (χ1) is 8.29. The standard InChI is InChI=1S/C13H24N2O2.ClH/c14-12(11-5-9-17-10-6-11)13(16)15-7-3-1-2-4-8-15;/h11-12H,1-10,14H2;1H. The van der Waals surface area contributed by atoms with E-state index in [0.717, 1.165) is 52.0 Å². The van der Waals surface area contributed by atoms with E-state index < -0.39 is 0 Å². The summed E-state index contributed by atoms with van der Waals surface area (Å²) in [4.78, 5) is 14.3. The van der Waals surface area contributed by atoms with Gasteiger partial charge in [-0.05, 0) is 31.6 Å². The Bertz CT molecular complexity index is 249. The SMILES string of the molecule is Cl.NC(C(=O)N1CCCCCC1)C1CCOCC1. The maximum atomic E-state index is 12.3. The van der Waals surface area contributed by atoms with Gasteiger partial charge >= 0.3 is 0 Å². The first-order valence-electron chi connectivity index (χ1n) is 6.91. The molecule has 2 rings (SSSR count). The molecule has 0 spiro atoms. The summed E-state index contributed by atoms with van der Waals surface area (Å²) in [6.45, 7) is 3.31. The number of amides is 1. The van der Waals surface area contributed by atoms with E-state index in [9.17, 15) is 4.79 Å². The van der Waals surface area contributed by atoms with Crippen LogP contribution in [0.5, 0.6) is 0 Å². The van der Waals surface area contributed by atoms with Crippen LogP contribution in [0.15, 0.2) is 0 Å². The zero-order chi connectivity index (χ0) is 12.1. The van der Waals surface area contributed by atoms with Crippen molar-refractivity contribution in [2.45, 2.75) is 44.6 Å². The minimum atomic E-state index is -0.308. The fourth-order valence-electron chi connectivity index (χ4n) is 2.78. The molecule has 18 heavy (non-hydrogen) atoms. The molecule has 1 atom stereocenters. The van der Waals surface area contributed by atoms with Gasteiger partial charge in [-0.2, -0.15) is 0 Å². The molecule has 0 saturated carbocycles. The fourth-order valence-corrected chi connectivity index (χ4v) is 2.78. The van der Waals surface area contributed by atoms with Crippen LogP contribution < -0.4 is 5.73 Å². The lowest BCUT2D eigenvalue weighted by Gasteiger charge is -2.31. The Morgan fingerprint density at radius 1 is 1.11 bits per heavy atom. The summed E-state index contributed by atoms with van der Waals surface area (Å²) < 4.78 is 5.31. The summed E-state index contributed by atoms with van der Waals surface area (Å²) in [7, 11) is 0. The molecule has 1 unspecified atom stereocenters. The average Bonchev–Trinajstić information content (AvgIpc) is 2.67. The van der Waals surface area contributed by atoms with Crippen LogP contribution >= 0.6 is 12.4 Å². The molecule has 2 heterocycles. The molecular formula is C13H25ClN2O2. The molecule has 2 saturated heterocycles. The molecule has 106 valence electrons. The van der Waals surface area contributed by atoms with Crippen LogP contribution in [-0.4, -0.2) is 43.2 Å². The summed E-state index contributed by atoms with van der Waals surface area (Å²) >= 11 is 0. The molecule has 2 aliphatic rings. The highest BCUT2D eigenvalue weighted by Crippen LogP contribution is 2.20. The van der Waals surface area contributed by atoms with Gasteiger partial charge in [-0.3, -0.25) is 4.79 Å². The van der Waals surface area contributed by atoms with Gasteiger partial charge in [-0.25, -0.2) is 0 Å². The Kier molecular flexibility index (Phi) is 6.97. The lowest BCUT2D eigenvalue weighted by molar-refractivity contribution is -0.134. The number of hydrogen-bond donors (Lipinski definition) is 1. The molecule has 0 aromatic rings. The number of carbonyl (C=O) groups excluding carboxylic acids is 1. The predicted octanol–water partition coefficient (Wildman–Crippen LogP) is 1.56. The summed E-state index contributed by atoms with van der Waals surface area (Å²) in [5, 5.41) is 0. The molecule has 0 aromatic heterocycles. The van der Waals surface area contributed by atoms with Gasteiger partial charge in [0, 0.05) is 26.3 Å². The molecular weight excluding hydrogens is 252 g/mol. The lowest BCUT2D eigenvalue weighted by atomic mass is 9.91. The van der Waals surface area contributed by atoms with Crippen LogP contribution in [0.3, 0.4) is 0 Å². The molecule has 0 aliphatic carbocycles. The van der Waals surface area contributed by atoms with Crippen molar-refractivity contribution in [3.63, 3.8) is 0 Å². The number of halogens is 1. The Balaban J connectivity index is 0.00000162. The van der Waals surface area contributed by atoms with Crippen LogP contribution in [0.25, 0.3) is 0 Å². The predicted molar refractivity (Wildman–Crippen MR) is 73.8 cm³/mol. The molecule has 0 radical (unpaired) electrons. The molecule has 2 fully saturated rings. The average molecular weight is 277 g/mol. The largest absolute Gasteiger partial charge is 0.381 e. The van der Waals surface area contributed by atoms with Gasteiger partial charge in [-0.1, -0.05) is 12.8 Å². The normalized spacial score (nSPS) is 23.9. The first-order valence-corrected chi connectivity index (χ1v) is 6.91. The number of rotatable bonds is 2. The maximum absolute atomic E-state index is 12.3. The van der Waals surface area contributed by atoms with E-state index in [-0.39, 0.29) is 24.4 Å². The second-order valence-corrected chi connectivity index (χ2v) is 5.22. The smallest absolute Gasteiger partial charge is 0.239 e. The molecule has 2 N–H and O–H groups in total. The van der Waals surface area contributed by atoms with Crippen LogP contribution in [0, 0.1) is 5.92 Å². The fraction of sp³-hybridized carbons (Fsp3) is 0.923. The highest BCUT2D eigenvalue weighted by molar-refractivity contribution is 5.85. The van der Waals surface area contributed by atoms with E-state index in [1.165, 1.54) is 12.8 Å². The third kappa shape index (κ3) is 4.11. The van der Waals surface area contributed by atoms with E-state index in [1.54, 1.807) is 0 Å².